The van der Waals surface area contributed by atoms with E-state index in [4.69, 9.17) is 16.3 Å². The number of anilines is 2. The molecule has 0 radical (unpaired) electrons. The number of tetrazole rings is 1. The van der Waals surface area contributed by atoms with E-state index in [1.807, 2.05) is 24.3 Å². The minimum atomic E-state index is -0.485. The zero-order valence-corrected chi connectivity index (χ0v) is 21.5. The van der Waals surface area contributed by atoms with Crippen LogP contribution in [-0.2, 0) is 0 Å². The van der Waals surface area contributed by atoms with Gasteiger partial charge in [-0.2, -0.15) is 0 Å². The van der Waals surface area contributed by atoms with E-state index in [1.54, 1.807) is 12.1 Å². The molecule has 0 saturated heterocycles. The van der Waals surface area contributed by atoms with Crippen LogP contribution in [0.25, 0.3) is 22.5 Å². The van der Waals surface area contributed by atoms with Crippen molar-refractivity contribution in [3.8, 4) is 28.3 Å². The summed E-state index contributed by atoms with van der Waals surface area (Å²) in [6.45, 7) is 2.65. The Morgan fingerprint density at radius 2 is 1.87 bits per heavy atom. The van der Waals surface area contributed by atoms with Gasteiger partial charge >= 0.3 is 0 Å². The van der Waals surface area contributed by atoms with Crippen molar-refractivity contribution in [3.63, 3.8) is 0 Å². The second-order valence-corrected chi connectivity index (χ2v) is 9.86. The van der Waals surface area contributed by atoms with E-state index >= 15 is 0 Å². The molecule has 0 fully saturated rings. The van der Waals surface area contributed by atoms with E-state index in [-0.39, 0.29) is 10.9 Å². The van der Waals surface area contributed by atoms with Crippen LogP contribution in [0.15, 0.2) is 78.9 Å². The molecule has 5 aromatic rings. The number of rotatable bonds is 5. The molecule has 1 unspecified atom stereocenters. The van der Waals surface area contributed by atoms with Crippen molar-refractivity contribution in [1.29, 1.82) is 0 Å². The van der Waals surface area contributed by atoms with E-state index in [9.17, 15) is 4.39 Å². The van der Waals surface area contributed by atoms with Gasteiger partial charge in [-0.3, -0.25) is 0 Å². The Labute approximate surface area is 224 Å². The molecule has 6 rings (SSSR count). The molecule has 0 spiro atoms. The van der Waals surface area contributed by atoms with Gasteiger partial charge in [-0.05, 0) is 77.2 Å². The second kappa shape index (κ2) is 10.3. The highest BCUT2D eigenvalue weighted by atomic mass is 35.5. The number of nitrogens with zero attached hydrogens (tertiary/aromatic N) is 3. The van der Waals surface area contributed by atoms with Gasteiger partial charge in [-0.15, -0.1) is 5.10 Å². The summed E-state index contributed by atoms with van der Waals surface area (Å²) in [5, 5.41) is 18.1. The fourth-order valence-corrected chi connectivity index (χ4v) is 5.19. The van der Waals surface area contributed by atoms with Gasteiger partial charge in [0, 0.05) is 22.7 Å². The lowest BCUT2D eigenvalue weighted by Crippen LogP contribution is -2.04. The van der Waals surface area contributed by atoms with Gasteiger partial charge in [-0.25, -0.2) is 9.49 Å². The Morgan fingerprint density at radius 3 is 2.66 bits per heavy atom. The van der Waals surface area contributed by atoms with Gasteiger partial charge in [0.15, 0.2) is 5.82 Å². The van der Waals surface area contributed by atoms with Crippen molar-refractivity contribution in [2.75, 3.05) is 11.9 Å². The SMILES string of the molecule is Cc1ccc(-c2nnn[nH]2)c(-c2cc(Nc3ccc(Cl)c(F)c3)c3c(c2)C(c2ccccc2)CCCO3)c1. The summed E-state index contributed by atoms with van der Waals surface area (Å²) >= 11 is 5.95. The van der Waals surface area contributed by atoms with E-state index in [0.717, 1.165) is 52.1 Å². The largest absolute Gasteiger partial charge is 0.491 e. The Morgan fingerprint density at radius 1 is 1.00 bits per heavy atom. The summed E-state index contributed by atoms with van der Waals surface area (Å²) in [4.78, 5) is 0. The van der Waals surface area contributed by atoms with Crippen molar-refractivity contribution in [2.45, 2.75) is 25.7 Å². The minimum Gasteiger partial charge on any atom is -0.491 e. The number of benzene rings is 4. The first-order valence-corrected chi connectivity index (χ1v) is 12.9. The van der Waals surface area contributed by atoms with Crippen molar-refractivity contribution in [1.82, 2.24) is 20.6 Å². The first-order valence-electron chi connectivity index (χ1n) is 12.5. The summed E-state index contributed by atoms with van der Waals surface area (Å²) < 4.78 is 20.7. The van der Waals surface area contributed by atoms with Crippen LogP contribution < -0.4 is 10.1 Å². The fourth-order valence-electron chi connectivity index (χ4n) is 5.07. The third kappa shape index (κ3) is 4.73. The Kier molecular flexibility index (Phi) is 6.52. The molecule has 1 aromatic heterocycles. The molecule has 8 heteroatoms. The highest BCUT2D eigenvalue weighted by Crippen LogP contribution is 2.46. The van der Waals surface area contributed by atoms with Crippen molar-refractivity contribution >= 4 is 23.0 Å². The minimum absolute atomic E-state index is 0.0774. The third-order valence-corrected chi connectivity index (χ3v) is 7.17. The topological polar surface area (TPSA) is 75.7 Å². The summed E-state index contributed by atoms with van der Waals surface area (Å²) in [6.07, 6.45) is 1.86. The van der Waals surface area contributed by atoms with E-state index in [0.29, 0.717) is 18.1 Å². The number of halogens is 2. The molecule has 0 saturated carbocycles. The molecule has 2 heterocycles. The van der Waals surface area contributed by atoms with Crippen LogP contribution in [0, 0.1) is 12.7 Å². The van der Waals surface area contributed by atoms with Gasteiger partial charge in [0.2, 0.25) is 0 Å². The monoisotopic (exact) mass is 525 g/mol. The van der Waals surface area contributed by atoms with Crippen LogP contribution >= 0.6 is 11.6 Å². The number of nitrogens with one attached hydrogen (secondary N) is 2. The van der Waals surface area contributed by atoms with E-state index in [1.165, 1.54) is 11.6 Å². The lowest BCUT2D eigenvalue weighted by molar-refractivity contribution is 0.318. The molecule has 38 heavy (non-hydrogen) atoms. The summed E-state index contributed by atoms with van der Waals surface area (Å²) in [7, 11) is 0. The number of aryl methyl sites for hydroxylation is 1. The molecular formula is C30H25ClFN5O. The predicted molar refractivity (Wildman–Crippen MR) is 147 cm³/mol. The molecule has 1 aliphatic heterocycles. The standard InChI is InChI=1S/C30H25ClFN5O/c1-18-9-11-23(30-34-36-37-35-30)24(14-18)20-15-25-22(19-6-3-2-4-7-19)8-5-13-38-29(25)28(16-20)33-21-10-12-26(31)27(32)17-21/h2-4,6-7,9-12,14-17,22,33H,5,8,13H2,1H3,(H,34,35,36,37). The van der Waals surface area contributed by atoms with Gasteiger partial charge in [0.1, 0.15) is 11.6 Å². The van der Waals surface area contributed by atoms with Crippen molar-refractivity contribution in [3.05, 3.63) is 106 Å². The van der Waals surface area contributed by atoms with Crippen molar-refractivity contribution in [2.24, 2.45) is 0 Å². The smallest absolute Gasteiger partial charge is 0.180 e. The molecule has 1 aliphatic rings. The Balaban J connectivity index is 1.57. The van der Waals surface area contributed by atoms with Gasteiger partial charge in [-0.1, -0.05) is 65.7 Å². The number of hydrogen-bond acceptors (Lipinski definition) is 5. The third-order valence-electron chi connectivity index (χ3n) is 6.86. The van der Waals surface area contributed by atoms with Crippen LogP contribution in [0.5, 0.6) is 5.75 Å². The molecule has 2 N–H and O–H groups in total. The maximum absolute atomic E-state index is 14.3. The fraction of sp³-hybridized carbons (Fsp3) is 0.167. The normalized spacial score (nSPS) is 14.9. The van der Waals surface area contributed by atoms with Crippen LogP contribution in [0.3, 0.4) is 0 Å². The highest BCUT2D eigenvalue weighted by molar-refractivity contribution is 6.30. The predicted octanol–water partition coefficient (Wildman–Crippen LogP) is 7.68. The van der Waals surface area contributed by atoms with E-state index < -0.39 is 5.82 Å². The quantitative estimate of drug-likeness (QED) is 0.246. The molecule has 190 valence electrons. The van der Waals surface area contributed by atoms with Crippen molar-refractivity contribution < 1.29 is 9.13 Å². The lowest BCUT2D eigenvalue weighted by atomic mass is 9.85. The zero-order valence-electron chi connectivity index (χ0n) is 20.7. The summed E-state index contributed by atoms with van der Waals surface area (Å²) in [5.41, 5.74) is 7.58. The van der Waals surface area contributed by atoms with Crippen LogP contribution in [-0.4, -0.2) is 27.2 Å². The molecule has 0 aliphatic carbocycles. The molecule has 4 aromatic carbocycles. The average molecular weight is 526 g/mol. The Hall–Kier alpha value is -4.23. The van der Waals surface area contributed by atoms with Crippen LogP contribution in [0.1, 0.15) is 35.4 Å². The number of H-pyrrole nitrogens is 1. The number of aromatic nitrogens is 4. The average Bonchev–Trinajstić information content (AvgIpc) is 3.38. The first kappa shape index (κ1) is 24.1. The highest BCUT2D eigenvalue weighted by Gasteiger charge is 2.26. The molecular weight excluding hydrogens is 501 g/mol. The second-order valence-electron chi connectivity index (χ2n) is 9.45. The number of ether oxygens (including phenoxy) is 1. The van der Waals surface area contributed by atoms with Crippen LogP contribution in [0.4, 0.5) is 15.8 Å². The Bertz CT molecular complexity index is 1590. The number of aromatic amines is 1. The van der Waals surface area contributed by atoms with Gasteiger partial charge < -0.3 is 10.1 Å². The molecule has 1 atom stereocenters. The number of hydrogen-bond donors (Lipinski definition) is 2. The summed E-state index contributed by atoms with van der Waals surface area (Å²) in [6, 6.07) is 25.6. The van der Waals surface area contributed by atoms with E-state index in [2.05, 4.69) is 69.3 Å². The van der Waals surface area contributed by atoms with Gasteiger partial charge in [0.05, 0.1) is 17.3 Å². The maximum atomic E-state index is 14.3. The van der Waals surface area contributed by atoms with Gasteiger partial charge in [0.25, 0.3) is 0 Å². The zero-order chi connectivity index (χ0) is 26.1. The number of fused-ring (bicyclic) bond motifs is 1. The molecule has 0 bridgehead atoms. The first-order chi connectivity index (χ1) is 18.6. The molecule has 0 amide bonds. The molecule has 6 nitrogen and oxygen atoms in total. The maximum Gasteiger partial charge on any atom is 0.180 e. The van der Waals surface area contributed by atoms with Crippen LogP contribution in [0.2, 0.25) is 5.02 Å². The lowest BCUT2D eigenvalue weighted by Gasteiger charge is -2.22. The summed E-state index contributed by atoms with van der Waals surface area (Å²) in [5.74, 6) is 1.00.